The van der Waals surface area contributed by atoms with Crippen LogP contribution in [0.3, 0.4) is 0 Å². The largest absolute Gasteiger partial charge is 0.392 e. The molecule has 1 unspecified atom stereocenters. The fraction of sp³-hybridized carbons (Fsp3) is 0.417. The van der Waals surface area contributed by atoms with Gasteiger partial charge in [0.05, 0.1) is 13.0 Å². The molecular formula is C24H28N2O3. The number of aliphatic hydroxyl groups is 1. The first-order valence-electron chi connectivity index (χ1n) is 10.4. The third kappa shape index (κ3) is 3.67. The van der Waals surface area contributed by atoms with Crippen molar-refractivity contribution in [3.8, 4) is 0 Å². The predicted molar refractivity (Wildman–Crippen MR) is 113 cm³/mol. The number of aliphatic hydroxyl groups excluding tert-OH is 1. The Bertz CT molecular complexity index is 891. The zero-order chi connectivity index (χ0) is 20.4. The second kappa shape index (κ2) is 7.99. The third-order valence-electron chi connectivity index (χ3n) is 6.31. The van der Waals surface area contributed by atoms with Crippen molar-refractivity contribution in [1.29, 1.82) is 0 Å². The van der Waals surface area contributed by atoms with E-state index in [1.165, 1.54) is 0 Å². The summed E-state index contributed by atoms with van der Waals surface area (Å²) in [6.45, 7) is 3.37. The molecule has 29 heavy (non-hydrogen) atoms. The van der Waals surface area contributed by atoms with Crippen LogP contribution in [-0.4, -0.2) is 40.4 Å². The maximum Gasteiger partial charge on any atom is 0.252 e. The zero-order valence-corrected chi connectivity index (χ0v) is 16.9. The number of amides is 2. The van der Waals surface area contributed by atoms with Gasteiger partial charge in [0.25, 0.3) is 5.91 Å². The van der Waals surface area contributed by atoms with Gasteiger partial charge in [0.1, 0.15) is 5.54 Å². The van der Waals surface area contributed by atoms with E-state index < -0.39 is 5.54 Å². The molecule has 2 heterocycles. The maximum absolute atomic E-state index is 13.6. The molecule has 1 spiro atoms. The van der Waals surface area contributed by atoms with Crippen molar-refractivity contribution in [1.82, 2.24) is 4.90 Å². The summed E-state index contributed by atoms with van der Waals surface area (Å²) in [7, 11) is 0. The summed E-state index contributed by atoms with van der Waals surface area (Å²) in [5.41, 5.74) is 3.12. The Kier molecular flexibility index (Phi) is 5.41. The molecule has 0 saturated carbocycles. The van der Waals surface area contributed by atoms with Gasteiger partial charge in [-0.15, -0.1) is 0 Å². The van der Waals surface area contributed by atoms with E-state index in [0.717, 1.165) is 48.1 Å². The lowest BCUT2D eigenvalue weighted by molar-refractivity contribution is -0.144. The molecule has 2 aromatic carbocycles. The topological polar surface area (TPSA) is 60.9 Å². The number of piperidine rings is 1. The molecule has 2 aliphatic rings. The Hall–Kier alpha value is -2.66. The first-order valence-corrected chi connectivity index (χ1v) is 10.4. The van der Waals surface area contributed by atoms with Gasteiger partial charge in [0.2, 0.25) is 5.91 Å². The SMILES string of the molecule is Cc1ccc(N2CCCC3(CCCN3C(=O)Cc3ccc(CO)cc3)C2=O)cc1. The van der Waals surface area contributed by atoms with Crippen molar-refractivity contribution in [2.75, 3.05) is 18.0 Å². The van der Waals surface area contributed by atoms with E-state index in [1.54, 1.807) is 0 Å². The van der Waals surface area contributed by atoms with Crippen LogP contribution >= 0.6 is 0 Å². The molecule has 5 heteroatoms. The maximum atomic E-state index is 13.6. The average molecular weight is 392 g/mol. The van der Waals surface area contributed by atoms with Crippen LogP contribution in [0.15, 0.2) is 48.5 Å². The molecule has 152 valence electrons. The summed E-state index contributed by atoms with van der Waals surface area (Å²) in [4.78, 5) is 30.5. The summed E-state index contributed by atoms with van der Waals surface area (Å²) in [5, 5.41) is 9.19. The van der Waals surface area contributed by atoms with E-state index >= 15 is 0 Å². The molecule has 1 atom stereocenters. The van der Waals surface area contributed by atoms with Gasteiger partial charge < -0.3 is 14.9 Å². The molecule has 2 fully saturated rings. The number of carbonyl (C=O) groups is 2. The van der Waals surface area contributed by atoms with Gasteiger partial charge in [-0.25, -0.2) is 0 Å². The third-order valence-corrected chi connectivity index (χ3v) is 6.31. The van der Waals surface area contributed by atoms with Crippen molar-refractivity contribution in [2.24, 2.45) is 0 Å². The minimum absolute atomic E-state index is 0.00713. The number of anilines is 1. The fourth-order valence-corrected chi connectivity index (χ4v) is 4.72. The van der Waals surface area contributed by atoms with Gasteiger partial charge in [-0.05, 0) is 55.9 Å². The minimum Gasteiger partial charge on any atom is -0.392 e. The van der Waals surface area contributed by atoms with Crippen LogP contribution in [0, 0.1) is 6.92 Å². The number of benzene rings is 2. The van der Waals surface area contributed by atoms with Crippen molar-refractivity contribution >= 4 is 17.5 Å². The Morgan fingerprint density at radius 3 is 2.24 bits per heavy atom. The quantitative estimate of drug-likeness (QED) is 0.869. The summed E-state index contributed by atoms with van der Waals surface area (Å²) in [6.07, 6.45) is 3.52. The molecule has 2 saturated heterocycles. The first kappa shape index (κ1) is 19.6. The molecule has 0 bridgehead atoms. The van der Waals surface area contributed by atoms with E-state index in [1.807, 2.05) is 65.3 Å². The van der Waals surface area contributed by atoms with Crippen LogP contribution in [0.5, 0.6) is 0 Å². The number of carbonyl (C=O) groups excluding carboxylic acids is 2. The highest BCUT2D eigenvalue weighted by Crippen LogP contribution is 2.40. The smallest absolute Gasteiger partial charge is 0.252 e. The second-order valence-corrected chi connectivity index (χ2v) is 8.23. The monoisotopic (exact) mass is 392 g/mol. The average Bonchev–Trinajstić information content (AvgIpc) is 3.16. The molecule has 4 rings (SSSR count). The molecule has 2 amide bonds. The Balaban J connectivity index is 1.55. The normalized spacial score (nSPS) is 21.8. The molecule has 0 aromatic heterocycles. The van der Waals surface area contributed by atoms with Gasteiger partial charge in [-0.2, -0.15) is 0 Å². The van der Waals surface area contributed by atoms with E-state index in [0.29, 0.717) is 13.1 Å². The van der Waals surface area contributed by atoms with Crippen LogP contribution in [0.25, 0.3) is 0 Å². The summed E-state index contributed by atoms with van der Waals surface area (Å²) in [6, 6.07) is 15.5. The molecule has 2 aromatic rings. The van der Waals surface area contributed by atoms with E-state index in [4.69, 9.17) is 0 Å². The molecule has 0 radical (unpaired) electrons. The standard InChI is InChI=1S/C24H28N2O3/c1-18-4-10-21(11-5-18)25-14-2-12-24(23(25)29)13-3-15-26(24)22(28)16-19-6-8-20(17-27)9-7-19/h4-11,27H,2-3,12-17H2,1H3. The highest BCUT2D eigenvalue weighted by atomic mass is 16.3. The number of hydrogen-bond donors (Lipinski definition) is 1. The Morgan fingerprint density at radius 1 is 0.966 bits per heavy atom. The molecule has 0 aliphatic carbocycles. The van der Waals surface area contributed by atoms with Crippen LogP contribution in [0.1, 0.15) is 42.4 Å². The van der Waals surface area contributed by atoms with Gasteiger partial charge in [0, 0.05) is 18.8 Å². The molecule has 2 aliphatic heterocycles. The van der Waals surface area contributed by atoms with Crippen LogP contribution in [0.2, 0.25) is 0 Å². The number of aryl methyl sites for hydroxylation is 1. The lowest BCUT2D eigenvalue weighted by atomic mass is 9.84. The van der Waals surface area contributed by atoms with Crippen molar-refractivity contribution in [2.45, 2.75) is 51.2 Å². The van der Waals surface area contributed by atoms with E-state index in [-0.39, 0.29) is 24.8 Å². The predicted octanol–water partition coefficient (Wildman–Crippen LogP) is 3.22. The number of nitrogens with zero attached hydrogens (tertiary/aromatic N) is 2. The Labute approximate surface area is 171 Å². The van der Waals surface area contributed by atoms with Gasteiger partial charge in [-0.1, -0.05) is 42.0 Å². The number of hydrogen-bond acceptors (Lipinski definition) is 3. The second-order valence-electron chi connectivity index (χ2n) is 8.23. The lowest BCUT2D eigenvalue weighted by Gasteiger charge is -2.44. The lowest BCUT2D eigenvalue weighted by Crippen LogP contribution is -2.61. The van der Waals surface area contributed by atoms with Crippen LogP contribution < -0.4 is 4.90 Å². The highest BCUT2D eigenvalue weighted by molar-refractivity contribution is 6.03. The van der Waals surface area contributed by atoms with E-state index in [2.05, 4.69) is 0 Å². The zero-order valence-electron chi connectivity index (χ0n) is 16.9. The summed E-state index contributed by atoms with van der Waals surface area (Å²) < 4.78 is 0. The van der Waals surface area contributed by atoms with Crippen molar-refractivity contribution in [3.05, 3.63) is 65.2 Å². The van der Waals surface area contributed by atoms with Crippen LogP contribution in [0.4, 0.5) is 5.69 Å². The van der Waals surface area contributed by atoms with Gasteiger partial charge in [-0.3, -0.25) is 9.59 Å². The van der Waals surface area contributed by atoms with Gasteiger partial charge >= 0.3 is 0 Å². The van der Waals surface area contributed by atoms with Gasteiger partial charge in [0.15, 0.2) is 0 Å². The van der Waals surface area contributed by atoms with Crippen molar-refractivity contribution in [3.63, 3.8) is 0 Å². The van der Waals surface area contributed by atoms with E-state index in [9.17, 15) is 14.7 Å². The molecular weight excluding hydrogens is 364 g/mol. The Morgan fingerprint density at radius 2 is 1.59 bits per heavy atom. The molecule has 1 N–H and O–H groups in total. The summed E-state index contributed by atoms with van der Waals surface area (Å²) >= 11 is 0. The highest BCUT2D eigenvalue weighted by Gasteiger charge is 2.52. The molecule has 5 nitrogen and oxygen atoms in total. The van der Waals surface area contributed by atoms with Crippen LogP contribution in [-0.2, 0) is 22.6 Å². The van der Waals surface area contributed by atoms with Crippen molar-refractivity contribution < 1.29 is 14.7 Å². The summed E-state index contributed by atoms with van der Waals surface area (Å²) in [5.74, 6) is 0.0763. The fourth-order valence-electron chi connectivity index (χ4n) is 4.72. The minimum atomic E-state index is -0.703. The number of likely N-dealkylation sites (tertiary alicyclic amines) is 1. The number of rotatable bonds is 4. The first-order chi connectivity index (χ1) is 14.0.